The van der Waals surface area contributed by atoms with Gasteiger partial charge in [-0.05, 0) is 37.5 Å². The van der Waals surface area contributed by atoms with Gasteiger partial charge in [-0.3, -0.25) is 4.72 Å². The van der Waals surface area contributed by atoms with E-state index in [-0.39, 0.29) is 6.04 Å². The van der Waals surface area contributed by atoms with Crippen molar-refractivity contribution in [2.45, 2.75) is 25.8 Å². The molecule has 1 aromatic carbocycles. The lowest BCUT2D eigenvalue weighted by Gasteiger charge is -2.09. The van der Waals surface area contributed by atoms with E-state index in [4.69, 9.17) is 5.73 Å². The van der Waals surface area contributed by atoms with Crippen molar-refractivity contribution < 1.29 is 8.42 Å². The molecule has 1 aromatic rings. The smallest absolute Gasteiger partial charge is 0.299 e. The molecule has 0 spiro atoms. The van der Waals surface area contributed by atoms with Crippen LogP contribution >= 0.6 is 0 Å². The summed E-state index contributed by atoms with van der Waals surface area (Å²) in [5.41, 5.74) is 7.68. The number of hydrogen-bond acceptors (Lipinski definition) is 3. The fourth-order valence-electron chi connectivity index (χ4n) is 1.31. The van der Waals surface area contributed by atoms with Crippen LogP contribution in [0.3, 0.4) is 0 Å². The molecular weight excluding hydrogens is 226 g/mol. The first-order valence-electron chi connectivity index (χ1n) is 5.12. The highest BCUT2D eigenvalue weighted by Crippen LogP contribution is 2.21. The highest BCUT2D eigenvalue weighted by Gasteiger charge is 2.26. The van der Waals surface area contributed by atoms with Crippen LogP contribution in [0.5, 0.6) is 0 Å². The highest BCUT2D eigenvalue weighted by molar-refractivity contribution is 7.90. The van der Waals surface area contributed by atoms with Gasteiger partial charge >= 0.3 is 0 Å². The van der Waals surface area contributed by atoms with E-state index in [9.17, 15) is 8.42 Å². The van der Waals surface area contributed by atoms with Gasteiger partial charge in [0.05, 0.1) is 5.69 Å². The topological polar surface area (TPSA) is 84.2 Å². The average molecular weight is 241 g/mol. The molecule has 0 atom stereocenters. The lowest BCUT2D eigenvalue weighted by atomic mass is 10.2. The third-order valence-corrected chi connectivity index (χ3v) is 3.58. The van der Waals surface area contributed by atoms with E-state index in [1.807, 2.05) is 6.92 Å². The molecular formula is C10H15N3O2S. The van der Waals surface area contributed by atoms with Crippen molar-refractivity contribution in [3.05, 3.63) is 23.8 Å². The van der Waals surface area contributed by atoms with E-state index in [2.05, 4.69) is 9.44 Å². The summed E-state index contributed by atoms with van der Waals surface area (Å²) in [4.78, 5) is 0. The lowest BCUT2D eigenvalue weighted by molar-refractivity contribution is 0.586. The number of aryl methyl sites for hydroxylation is 1. The Bertz CT molecular complexity index is 495. The monoisotopic (exact) mass is 241 g/mol. The summed E-state index contributed by atoms with van der Waals surface area (Å²) in [6, 6.07) is 5.18. The third-order valence-electron chi connectivity index (χ3n) is 2.43. The second kappa shape index (κ2) is 3.95. The van der Waals surface area contributed by atoms with E-state index in [1.54, 1.807) is 18.2 Å². The molecule has 1 aliphatic rings. The minimum absolute atomic E-state index is 0.0975. The van der Waals surface area contributed by atoms with E-state index in [0.717, 1.165) is 18.4 Å². The summed E-state index contributed by atoms with van der Waals surface area (Å²) in [7, 11) is -3.46. The minimum Gasteiger partial charge on any atom is -0.398 e. The molecule has 0 aliphatic heterocycles. The first-order chi connectivity index (χ1) is 7.46. The zero-order chi connectivity index (χ0) is 11.8. The molecule has 5 nitrogen and oxygen atoms in total. The van der Waals surface area contributed by atoms with Gasteiger partial charge in [-0.1, -0.05) is 6.07 Å². The predicted molar refractivity (Wildman–Crippen MR) is 64.3 cm³/mol. The van der Waals surface area contributed by atoms with Gasteiger partial charge in [0.2, 0.25) is 0 Å². The normalized spacial score (nSPS) is 16.1. The van der Waals surface area contributed by atoms with Gasteiger partial charge in [-0.15, -0.1) is 0 Å². The second-order valence-electron chi connectivity index (χ2n) is 4.07. The van der Waals surface area contributed by atoms with Crippen LogP contribution in [0.15, 0.2) is 18.2 Å². The molecule has 0 radical (unpaired) electrons. The molecule has 6 heteroatoms. The quantitative estimate of drug-likeness (QED) is 0.687. The first-order valence-corrected chi connectivity index (χ1v) is 6.61. The Morgan fingerprint density at radius 1 is 1.38 bits per heavy atom. The SMILES string of the molecule is Cc1ccc(NS(=O)(=O)NC2CC2)cc1N. The maximum Gasteiger partial charge on any atom is 0.299 e. The van der Waals surface area contributed by atoms with Crippen molar-refractivity contribution in [2.24, 2.45) is 0 Å². The maximum atomic E-state index is 11.6. The highest BCUT2D eigenvalue weighted by atomic mass is 32.2. The van der Waals surface area contributed by atoms with Gasteiger partial charge in [-0.25, -0.2) is 0 Å². The van der Waals surface area contributed by atoms with Crippen molar-refractivity contribution in [3.63, 3.8) is 0 Å². The van der Waals surface area contributed by atoms with Crippen LogP contribution in [-0.4, -0.2) is 14.5 Å². The predicted octanol–water partition coefficient (Wildman–Crippen LogP) is 0.986. The van der Waals surface area contributed by atoms with Gasteiger partial charge < -0.3 is 5.73 Å². The number of rotatable bonds is 4. The average Bonchev–Trinajstić information content (AvgIpc) is 2.94. The third kappa shape index (κ3) is 2.86. The van der Waals surface area contributed by atoms with Crippen LogP contribution in [0.2, 0.25) is 0 Å². The molecule has 4 N–H and O–H groups in total. The Balaban J connectivity index is 2.10. The molecule has 0 aromatic heterocycles. The zero-order valence-electron chi connectivity index (χ0n) is 9.03. The molecule has 0 heterocycles. The van der Waals surface area contributed by atoms with Gasteiger partial charge in [0.15, 0.2) is 0 Å². The fourth-order valence-corrected chi connectivity index (χ4v) is 2.48. The summed E-state index contributed by atoms with van der Waals surface area (Å²) in [5, 5.41) is 0. The number of benzene rings is 1. The molecule has 2 rings (SSSR count). The van der Waals surface area contributed by atoms with Crippen LogP contribution in [0.25, 0.3) is 0 Å². The Kier molecular flexibility index (Phi) is 2.77. The summed E-state index contributed by atoms with van der Waals surface area (Å²) >= 11 is 0. The number of nitrogens with two attached hydrogens (primary N) is 1. The molecule has 0 amide bonds. The standard InChI is InChI=1S/C10H15N3O2S/c1-7-2-3-9(6-10(7)11)13-16(14,15)12-8-4-5-8/h2-3,6,8,12-13H,4-5,11H2,1H3. The van der Waals surface area contributed by atoms with Crippen molar-refractivity contribution >= 4 is 21.6 Å². The Labute approximate surface area is 95.2 Å². The summed E-state index contributed by atoms with van der Waals surface area (Å²) in [6.07, 6.45) is 1.83. The van der Waals surface area contributed by atoms with Crippen LogP contribution in [0.1, 0.15) is 18.4 Å². The van der Waals surface area contributed by atoms with E-state index >= 15 is 0 Å². The molecule has 1 aliphatic carbocycles. The fraction of sp³-hybridized carbons (Fsp3) is 0.400. The number of anilines is 2. The summed E-state index contributed by atoms with van der Waals surface area (Å²) < 4.78 is 28.1. The van der Waals surface area contributed by atoms with Crippen LogP contribution < -0.4 is 15.2 Å². The van der Waals surface area contributed by atoms with Crippen LogP contribution in [0, 0.1) is 6.92 Å². The van der Waals surface area contributed by atoms with Gasteiger partial charge in [0.25, 0.3) is 10.2 Å². The minimum atomic E-state index is -3.46. The molecule has 16 heavy (non-hydrogen) atoms. The van der Waals surface area contributed by atoms with Gasteiger partial charge in [0.1, 0.15) is 0 Å². The van der Waals surface area contributed by atoms with Crippen LogP contribution in [-0.2, 0) is 10.2 Å². The Morgan fingerprint density at radius 2 is 2.06 bits per heavy atom. The molecule has 1 saturated carbocycles. The zero-order valence-corrected chi connectivity index (χ0v) is 9.84. The second-order valence-corrected chi connectivity index (χ2v) is 5.52. The summed E-state index contributed by atoms with van der Waals surface area (Å²) in [5.74, 6) is 0. The number of nitrogen functional groups attached to an aromatic ring is 1. The largest absolute Gasteiger partial charge is 0.398 e. The molecule has 0 saturated heterocycles. The van der Waals surface area contributed by atoms with E-state index in [1.165, 1.54) is 0 Å². The van der Waals surface area contributed by atoms with E-state index in [0.29, 0.717) is 11.4 Å². The first kappa shape index (κ1) is 11.2. The van der Waals surface area contributed by atoms with Crippen molar-refractivity contribution in [1.29, 1.82) is 0 Å². The number of nitrogens with one attached hydrogen (secondary N) is 2. The number of hydrogen-bond donors (Lipinski definition) is 3. The summed E-state index contributed by atoms with van der Waals surface area (Å²) in [6.45, 7) is 1.87. The van der Waals surface area contributed by atoms with Crippen molar-refractivity contribution in [1.82, 2.24) is 4.72 Å². The molecule has 1 fully saturated rings. The van der Waals surface area contributed by atoms with Crippen LogP contribution in [0.4, 0.5) is 11.4 Å². The van der Waals surface area contributed by atoms with E-state index < -0.39 is 10.2 Å². The Hall–Kier alpha value is -1.27. The van der Waals surface area contributed by atoms with Gasteiger partial charge in [0, 0.05) is 11.7 Å². The van der Waals surface area contributed by atoms with Gasteiger partial charge in [-0.2, -0.15) is 13.1 Å². The lowest BCUT2D eigenvalue weighted by Crippen LogP contribution is -2.31. The van der Waals surface area contributed by atoms with Crippen molar-refractivity contribution in [2.75, 3.05) is 10.5 Å². The molecule has 88 valence electrons. The molecule has 0 unspecified atom stereocenters. The Morgan fingerprint density at radius 3 is 2.62 bits per heavy atom. The maximum absolute atomic E-state index is 11.6. The molecule has 0 bridgehead atoms. The van der Waals surface area contributed by atoms with Crippen molar-refractivity contribution in [3.8, 4) is 0 Å².